The van der Waals surface area contributed by atoms with Crippen LogP contribution in [0.2, 0.25) is 0 Å². The average molecular weight is 260 g/mol. The molecule has 0 amide bonds. The highest BCUT2D eigenvalue weighted by Crippen LogP contribution is 2.44. The molecule has 1 aliphatic heterocycles. The third-order valence-electron chi connectivity index (χ3n) is 3.53. The molecule has 0 bridgehead atoms. The first kappa shape index (κ1) is 11.8. The van der Waals surface area contributed by atoms with Gasteiger partial charge in [-0.3, -0.25) is 4.79 Å². The van der Waals surface area contributed by atoms with Crippen molar-refractivity contribution in [2.24, 2.45) is 5.92 Å². The standard InChI is InChI=1S/C15H16O2S/c1-10-14-12(16)8-5-9-13(14)17-15(10)18-11-6-3-2-4-7-11/h2-4,6-7,10,15H,5,8-9H2,1H3/t10-,15-/m0/s1. The van der Waals surface area contributed by atoms with Crippen molar-refractivity contribution < 1.29 is 9.53 Å². The van der Waals surface area contributed by atoms with Crippen molar-refractivity contribution in [3.05, 3.63) is 41.7 Å². The Bertz CT molecular complexity index is 492. The molecule has 0 spiro atoms. The van der Waals surface area contributed by atoms with Crippen LogP contribution in [0.1, 0.15) is 26.2 Å². The molecule has 0 radical (unpaired) electrons. The molecule has 94 valence electrons. The predicted octanol–water partition coefficient (Wildman–Crippen LogP) is 3.78. The maximum absolute atomic E-state index is 11.9. The molecule has 0 saturated heterocycles. The number of carbonyl (C=O) groups excluding carboxylic acids is 1. The minimum absolute atomic E-state index is 0.0550. The number of Topliss-reactive ketones (excluding diaryl/α,β-unsaturated/α-hetero) is 1. The second-order valence-corrected chi connectivity index (χ2v) is 5.99. The number of ether oxygens (including phenoxy) is 1. The van der Waals surface area contributed by atoms with Crippen molar-refractivity contribution in [1.29, 1.82) is 0 Å². The highest BCUT2D eigenvalue weighted by Gasteiger charge is 2.39. The second-order valence-electron chi connectivity index (χ2n) is 4.82. The van der Waals surface area contributed by atoms with Gasteiger partial charge in [-0.2, -0.15) is 0 Å². The molecule has 1 heterocycles. The van der Waals surface area contributed by atoms with Gasteiger partial charge in [0.05, 0.1) is 0 Å². The van der Waals surface area contributed by atoms with Crippen LogP contribution in [0.25, 0.3) is 0 Å². The van der Waals surface area contributed by atoms with Gasteiger partial charge in [0.1, 0.15) is 5.76 Å². The van der Waals surface area contributed by atoms with Gasteiger partial charge in [0.2, 0.25) is 0 Å². The molecular formula is C15H16O2S. The molecule has 1 aliphatic carbocycles. The van der Waals surface area contributed by atoms with Gasteiger partial charge in [-0.25, -0.2) is 0 Å². The van der Waals surface area contributed by atoms with Crippen molar-refractivity contribution in [3.63, 3.8) is 0 Å². The van der Waals surface area contributed by atoms with Crippen LogP contribution in [0.4, 0.5) is 0 Å². The SMILES string of the molecule is C[C@H]1C2=C(CCCC2=O)O[C@H]1Sc1ccccc1. The van der Waals surface area contributed by atoms with Gasteiger partial charge >= 0.3 is 0 Å². The van der Waals surface area contributed by atoms with Crippen LogP contribution in [0.3, 0.4) is 0 Å². The van der Waals surface area contributed by atoms with Gasteiger partial charge < -0.3 is 4.74 Å². The lowest BCUT2D eigenvalue weighted by atomic mass is 9.90. The summed E-state index contributed by atoms with van der Waals surface area (Å²) in [5, 5.41) is 0. The topological polar surface area (TPSA) is 26.3 Å². The minimum Gasteiger partial charge on any atom is -0.483 e. The summed E-state index contributed by atoms with van der Waals surface area (Å²) < 4.78 is 5.97. The summed E-state index contributed by atoms with van der Waals surface area (Å²) in [6, 6.07) is 10.2. The zero-order valence-corrected chi connectivity index (χ0v) is 11.2. The van der Waals surface area contributed by atoms with Crippen molar-refractivity contribution in [2.75, 3.05) is 0 Å². The normalized spacial score (nSPS) is 27.1. The second kappa shape index (κ2) is 4.81. The molecule has 0 aromatic heterocycles. The predicted molar refractivity (Wildman–Crippen MR) is 72.2 cm³/mol. The van der Waals surface area contributed by atoms with E-state index in [1.807, 2.05) is 18.2 Å². The fraction of sp³-hybridized carbons (Fsp3) is 0.400. The molecule has 1 aromatic carbocycles. The van der Waals surface area contributed by atoms with Gasteiger partial charge in [0, 0.05) is 29.2 Å². The van der Waals surface area contributed by atoms with Crippen molar-refractivity contribution in [1.82, 2.24) is 0 Å². The van der Waals surface area contributed by atoms with Gasteiger partial charge in [-0.05, 0) is 18.6 Å². The zero-order chi connectivity index (χ0) is 12.5. The fourth-order valence-corrected chi connectivity index (χ4v) is 3.69. The van der Waals surface area contributed by atoms with Crippen molar-refractivity contribution in [3.8, 4) is 0 Å². The molecular weight excluding hydrogens is 244 g/mol. The van der Waals surface area contributed by atoms with Crippen LogP contribution >= 0.6 is 11.8 Å². The van der Waals surface area contributed by atoms with Gasteiger partial charge in [0.15, 0.2) is 11.2 Å². The number of ketones is 1. The van der Waals surface area contributed by atoms with Crippen LogP contribution in [0.15, 0.2) is 46.6 Å². The first-order valence-corrected chi connectivity index (χ1v) is 7.28. The highest BCUT2D eigenvalue weighted by atomic mass is 32.2. The Morgan fingerprint density at radius 2 is 2.00 bits per heavy atom. The Balaban J connectivity index is 1.77. The average Bonchev–Trinajstić information content (AvgIpc) is 2.69. The van der Waals surface area contributed by atoms with E-state index in [4.69, 9.17) is 4.74 Å². The van der Waals surface area contributed by atoms with E-state index < -0.39 is 0 Å². The Morgan fingerprint density at radius 1 is 1.22 bits per heavy atom. The molecule has 3 heteroatoms. The van der Waals surface area contributed by atoms with Crippen molar-refractivity contribution >= 4 is 17.5 Å². The van der Waals surface area contributed by atoms with Crippen LogP contribution in [0, 0.1) is 5.92 Å². The fourth-order valence-electron chi connectivity index (χ4n) is 2.60. The monoisotopic (exact) mass is 260 g/mol. The van der Waals surface area contributed by atoms with E-state index in [9.17, 15) is 4.79 Å². The molecule has 0 fully saturated rings. The Morgan fingerprint density at radius 3 is 2.72 bits per heavy atom. The third-order valence-corrected chi connectivity index (χ3v) is 4.81. The summed E-state index contributed by atoms with van der Waals surface area (Å²) >= 11 is 1.71. The number of allylic oxidation sites excluding steroid dienone is 1. The van der Waals surface area contributed by atoms with Gasteiger partial charge in [0.25, 0.3) is 0 Å². The van der Waals surface area contributed by atoms with E-state index in [0.717, 1.165) is 24.2 Å². The number of hydrogen-bond acceptors (Lipinski definition) is 3. The molecule has 0 unspecified atom stereocenters. The summed E-state index contributed by atoms with van der Waals surface area (Å²) in [6.45, 7) is 2.10. The van der Waals surface area contributed by atoms with E-state index in [1.165, 1.54) is 4.90 Å². The van der Waals surface area contributed by atoms with Crippen LogP contribution in [-0.2, 0) is 9.53 Å². The summed E-state index contributed by atoms with van der Waals surface area (Å²) in [7, 11) is 0. The molecule has 0 N–H and O–H groups in total. The number of hydrogen-bond donors (Lipinski definition) is 0. The van der Waals surface area contributed by atoms with Crippen LogP contribution < -0.4 is 0 Å². The van der Waals surface area contributed by atoms with E-state index in [-0.39, 0.29) is 11.4 Å². The largest absolute Gasteiger partial charge is 0.483 e. The van der Waals surface area contributed by atoms with Crippen molar-refractivity contribution in [2.45, 2.75) is 36.5 Å². The van der Waals surface area contributed by atoms with Crippen LogP contribution in [0.5, 0.6) is 0 Å². The number of rotatable bonds is 2. The molecule has 1 aromatic rings. The summed E-state index contributed by atoms with van der Waals surface area (Å²) in [5.74, 6) is 1.45. The number of carbonyl (C=O) groups is 1. The van der Waals surface area contributed by atoms with E-state index in [0.29, 0.717) is 12.2 Å². The molecule has 18 heavy (non-hydrogen) atoms. The maximum Gasteiger partial charge on any atom is 0.162 e. The number of benzene rings is 1. The molecule has 2 aliphatic rings. The van der Waals surface area contributed by atoms with Crippen LogP contribution in [-0.4, -0.2) is 11.2 Å². The smallest absolute Gasteiger partial charge is 0.162 e. The van der Waals surface area contributed by atoms with E-state index >= 15 is 0 Å². The Hall–Kier alpha value is -1.22. The lowest BCUT2D eigenvalue weighted by molar-refractivity contribution is -0.116. The number of thioether (sulfide) groups is 1. The molecule has 0 saturated carbocycles. The summed E-state index contributed by atoms with van der Waals surface area (Å²) in [5.41, 5.74) is 1.01. The lowest BCUT2D eigenvalue weighted by Crippen LogP contribution is -2.16. The van der Waals surface area contributed by atoms with E-state index in [2.05, 4.69) is 19.1 Å². The summed E-state index contributed by atoms with van der Waals surface area (Å²) in [6.07, 6.45) is 2.56. The molecule has 2 atom stereocenters. The van der Waals surface area contributed by atoms with E-state index in [1.54, 1.807) is 11.8 Å². The first-order chi connectivity index (χ1) is 8.75. The van der Waals surface area contributed by atoms with Gasteiger partial charge in [-0.1, -0.05) is 36.9 Å². The first-order valence-electron chi connectivity index (χ1n) is 6.40. The Labute approximate surface area is 111 Å². The third kappa shape index (κ3) is 2.07. The maximum atomic E-state index is 11.9. The van der Waals surface area contributed by atoms with Gasteiger partial charge in [-0.15, -0.1) is 0 Å². The summed E-state index contributed by atoms with van der Waals surface area (Å²) in [4.78, 5) is 13.1. The molecule has 3 rings (SSSR count). The quantitative estimate of drug-likeness (QED) is 0.809. The lowest BCUT2D eigenvalue weighted by Gasteiger charge is -2.16. The zero-order valence-electron chi connectivity index (χ0n) is 10.4. The Kier molecular flexibility index (Phi) is 3.16. The highest BCUT2D eigenvalue weighted by molar-refractivity contribution is 7.99. The molecule has 2 nitrogen and oxygen atoms in total. The minimum atomic E-state index is 0.0550.